The average molecular weight is 235 g/mol. The molecule has 1 amide bonds. The van der Waals surface area contributed by atoms with Crippen LogP contribution >= 0.6 is 0 Å². The van der Waals surface area contributed by atoms with E-state index in [4.69, 9.17) is 5.73 Å². The number of amides is 1. The van der Waals surface area contributed by atoms with Crippen molar-refractivity contribution in [3.63, 3.8) is 0 Å². The van der Waals surface area contributed by atoms with Gasteiger partial charge in [-0.05, 0) is 18.6 Å². The fourth-order valence-corrected chi connectivity index (χ4v) is 2.07. The van der Waals surface area contributed by atoms with Gasteiger partial charge in [-0.1, -0.05) is 12.1 Å². The molecule has 0 saturated carbocycles. The van der Waals surface area contributed by atoms with Gasteiger partial charge in [0.05, 0.1) is 12.2 Å². The van der Waals surface area contributed by atoms with Gasteiger partial charge >= 0.3 is 0 Å². The molecule has 92 valence electrons. The van der Waals surface area contributed by atoms with Gasteiger partial charge in [0.2, 0.25) is 5.91 Å². The SMILES string of the molecule is NCCN1C(=O)CCCN1c1ccccc1O. The van der Waals surface area contributed by atoms with E-state index >= 15 is 0 Å². The second kappa shape index (κ2) is 5.05. The van der Waals surface area contributed by atoms with Crippen LogP contribution in [0.1, 0.15) is 12.8 Å². The summed E-state index contributed by atoms with van der Waals surface area (Å²) in [6, 6.07) is 7.03. The summed E-state index contributed by atoms with van der Waals surface area (Å²) in [4.78, 5) is 11.8. The first kappa shape index (κ1) is 11.7. The number of anilines is 1. The Hall–Kier alpha value is -1.75. The highest BCUT2D eigenvalue weighted by Gasteiger charge is 2.26. The van der Waals surface area contributed by atoms with Gasteiger partial charge in [-0.25, -0.2) is 0 Å². The van der Waals surface area contributed by atoms with Gasteiger partial charge in [0.1, 0.15) is 5.75 Å². The molecule has 1 aliphatic rings. The van der Waals surface area contributed by atoms with Crippen LogP contribution in [0.5, 0.6) is 5.75 Å². The van der Waals surface area contributed by atoms with Crippen molar-refractivity contribution in [2.45, 2.75) is 12.8 Å². The maximum absolute atomic E-state index is 11.8. The Balaban J connectivity index is 2.28. The summed E-state index contributed by atoms with van der Waals surface area (Å²) in [5.74, 6) is 0.245. The lowest BCUT2D eigenvalue weighted by molar-refractivity contribution is -0.133. The molecule has 17 heavy (non-hydrogen) atoms. The molecule has 5 nitrogen and oxygen atoms in total. The predicted molar refractivity (Wildman–Crippen MR) is 65.5 cm³/mol. The maximum atomic E-state index is 11.8. The molecule has 3 N–H and O–H groups in total. The summed E-state index contributed by atoms with van der Waals surface area (Å²) in [5, 5.41) is 13.3. The zero-order valence-electron chi connectivity index (χ0n) is 9.67. The molecule has 5 heteroatoms. The maximum Gasteiger partial charge on any atom is 0.241 e. The highest BCUT2D eigenvalue weighted by atomic mass is 16.3. The summed E-state index contributed by atoms with van der Waals surface area (Å²) in [6.45, 7) is 1.62. The topological polar surface area (TPSA) is 69.8 Å². The zero-order valence-corrected chi connectivity index (χ0v) is 9.67. The predicted octanol–water partition coefficient (Wildman–Crippen LogP) is 0.695. The minimum atomic E-state index is 0.0601. The number of hydrogen-bond donors (Lipinski definition) is 2. The van der Waals surface area contributed by atoms with Crippen molar-refractivity contribution in [3.8, 4) is 5.75 Å². The van der Waals surface area contributed by atoms with Crippen molar-refractivity contribution < 1.29 is 9.90 Å². The second-order valence-electron chi connectivity index (χ2n) is 4.02. The van der Waals surface area contributed by atoms with Gasteiger partial charge < -0.3 is 10.8 Å². The Morgan fingerprint density at radius 3 is 2.82 bits per heavy atom. The van der Waals surface area contributed by atoms with Gasteiger partial charge in [0.15, 0.2) is 0 Å². The molecule has 2 rings (SSSR count). The van der Waals surface area contributed by atoms with Crippen LogP contribution in [0.2, 0.25) is 0 Å². The number of nitrogens with zero attached hydrogens (tertiary/aromatic N) is 2. The molecule has 0 bridgehead atoms. The van der Waals surface area contributed by atoms with Crippen LogP contribution in [0.25, 0.3) is 0 Å². The first-order valence-corrected chi connectivity index (χ1v) is 5.80. The normalized spacial score (nSPS) is 16.4. The molecule has 1 aromatic rings. The standard InChI is InChI=1S/C12H17N3O2/c13-7-9-15-12(17)6-3-8-14(15)10-4-1-2-5-11(10)16/h1-2,4-5,16H,3,6-9,13H2. The number of carbonyl (C=O) groups is 1. The van der Waals surface area contributed by atoms with E-state index in [1.807, 2.05) is 11.1 Å². The lowest BCUT2D eigenvalue weighted by Gasteiger charge is -2.40. The third-order valence-corrected chi connectivity index (χ3v) is 2.84. The van der Waals surface area contributed by atoms with E-state index in [0.29, 0.717) is 25.2 Å². The Bertz CT molecular complexity index is 408. The number of para-hydroxylation sites is 2. The molecule has 0 aliphatic carbocycles. The van der Waals surface area contributed by atoms with Crippen molar-refractivity contribution >= 4 is 11.6 Å². The summed E-state index contributed by atoms with van der Waals surface area (Å²) >= 11 is 0. The van der Waals surface area contributed by atoms with Crippen LogP contribution in [0.4, 0.5) is 5.69 Å². The number of carbonyl (C=O) groups excluding carboxylic acids is 1. The lowest BCUT2D eigenvalue weighted by Crippen LogP contribution is -2.52. The molecule has 1 aliphatic heterocycles. The molecular formula is C12H17N3O2. The van der Waals surface area contributed by atoms with Crippen molar-refractivity contribution in [3.05, 3.63) is 24.3 Å². The zero-order chi connectivity index (χ0) is 12.3. The van der Waals surface area contributed by atoms with Crippen molar-refractivity contribution in [2.24, 2.45) is 5.73 Å². The van der Waals surface area contributed by atoms with Gasteiger partial charge in [0.25, 0.3) is 0 Å². The largest absolute Gasteiger partial charge is 0.506 e. The third-order valence-electron chi connectivity index (χ3n) is 2.84. The van der Waals surface area contributed by atoms with Crippen LogP contribution in [-0.2, 0) is 4.79 Å². The van der Waals surface area contributed by atoms with E-state index < -0.39 is 0 Å². The highest BCUT2D eigenvalue weighted by molar-refractivity contribution is 5.80. The van der Waals surface area contributed by atoms with Crippen molar-refractivity contribution in [1.82, 2.24) is 5.01 Å². The average Bonchev–Trinajstić information content (AvgIpc) is 2.33. The van der Waals surface area contributed by atoms with Gasteiger partial charge in [-0.2, -0.15) is 0 Å². The molecule has 0 radical (unpaired) electrons. The van der Waals surface area contributed by atoms with E-state index in [1.54, 1.807) is 23.2 Å². The van der Waals surface area contributed by atoms with Crippen LogP contribution in [0, 0.1) is 0 Å². The summed E-state index contributed by atoms with van der Waals surface area (Å²) in [7, 11) is 0. The first-order valence-electron chi connectivity index (χ1n) is 5.80. The van der Waals surface area contributed by atoms with E-state index in [0.717, 1.165) is 13.0 Å². The lowest BCUT2D eigenvalue weighted by atomic mass is 10.2. The molecule has 0 atom stereocenters. The van der Waals surface area contributed by atoms with E-state index in [2.05, 4.69) is 0 Å². The van der Waals surface area contributed by atoms with E-state index in [9.17, 15) is 9.90 Å². The third kappa shape index (κ3) is 2.34. The molecule has 1 aromatic carbocycles. The Labute approximate surface area is 100 Å². The smallest absolute Gasteiger partial charge is 0.241 e. The van der Waals surface area contributed by atoms with Crippen LogP contribution in [0.3, 0.4) is 0 Å². The molecule has 1 fully saturated rings. The van der Waals surface area contributed by atoms with Crippen LogP contribution in [-0.4, -0.2) is 35.7 Å². The molecular weight excluding hydrogens is 218 g/mol. The van der Waals surface area contributed by atoms with E-state index in [-0.39, 0.29) is 11.7 Å². The fraction of sp³-hybridized carbons (Fsp3) is 0.417. The number of nitrogens with two attached hydrogens (primary N) is 1. The van der Waals surface area contributed by atoms with Crippen molar-refractivity contribution in [2.75, 3.05) is 24.6 Å². The van der Waals surface area contributed by atoms with Crippen LogP contribution in [0.15, 0.2) is 24.3 Å². The highest BCUT2D eigenvalue weighted by Crippen LogP contribution is 2.29. The first-order chi connectivity index (χ1) is 8.24. The molecule has 0 aromatic heterocycles. The number of benzene rings is 1. The van der Waals surface area contributed by atoms with E-state index in [1.165, 1.54) is 0 Å². The number of hydrogen-bond acceptors (Lipinski definition) is 4. The minimum Gasteiger partial charge on any atom is -0.506 e. The van der Waals surface area contributed by atoms with Crippen molar-refractivity contribution in [1.29, 1.82) is 0 Å². The molecule has 1 heterocycles. The molecule has 0 spiro atoms. The second-order valence-corrected chi connectivity index (χ2v) is 4.02. The number of aromatic hydroxyl groups is 1. The number of rotatable bonds is 3. The summed E-state index contributed by atoms with van der Waals surface area (Å²) < 4.78 is 0. The number of phenols is 1. The molecule has 0 unspecified atom stereocenters. The number of hydrazine groups is 1. The van der Waals surface area contributed by atoms with Crippen LogP contribution < -0.4 is 10.7 Å². The van der Waals surface area contributed by atoms with Gasteiger partial charge in [0, 0.05) is 19.5 Å². The summed E-state index contributed by atoms with van der Waals surface area (Å²) in [6.07, 6.45) is 1.35. The fourth-order valence-electron chi connectivity index (χ4n) is 2.07. The van der Waals surface area contributed by atoms with Gasteiger partial charge in [-0.3, -0.25) is 14.8 Å². The quantitative estimate of drug-likeness (QED) is 0.809. The molecule has 1 saturated heterocycles. The Morgan fingerprint density at radius 1 is 1.35 bits per heavy atom. The monoisotopic (exact) mass is 235 g/mol. The summed E-state index contributed by atoms with van der Waals surface area (Å²) in [5.41, 5.74) is 6.18. The Morgan fingerprint density at radius 2 is 2.12 bits per heavy atom. The van der Waals surface area contributed by atoms with Gasteiger partial charge in [-0.15, -0.1) is 0 Å². The Kier molecular flexibility index (Phi) is 3.49. The minimum absolute atomic E-state index is 0.0601. The number of phenolic OH excluding ortho intramolecular Hbond substituents is 1.